The van der Waals surface area contributed by atoms with Gasteiger partial charge in [0.05, 0.1) is 0 Å². The topological polar surface area (TPSA) is 70.8 Å². The molecule has 0 aliphatic carbocycles. The molecule has 0 amide bonds. The predicted octanol–water partition coefficient (Wildman–Crippen LogP) is 1.44. The number of nitrogens with one attached hydrogen (secondary N) is 1. The van der Waals surface area contributed by atoms with Gasteiger partial charge in [0, 0.05) is 25.6 Å². The van der Waals surface area contributed by atoms with Gasteiger partial charge in [0.15, 0.2) is 0 Å². The number of nitrogens with zero attached hydrogens (tertiary/aromatic N) is 3. The number of benzene rings is 1. The summed E-state index contributed by atoms with van der Waals surface area (Å²) < 4.78 is 0. The molecule has 1 aromatic heterocycles. The Labute approximate surface area is 119 Å². The van der Waals surface area contributed by atoms with Crippen LogP contribution in [0, 0.1) is 6.92 Å². The van der Waals surface area contributed by atoms with Gasteiger partial charge in [0.25, 0.3) is 0 Å². The monoisotopic (exact) mass is 271 g/mol. The van der Waals surface area contributed by atoms with Gasteiger partial charge in [-0.25, -0.2) is 0 Å². The highest BCUT2D eigenvalue weighted by molar-refractivity contribution is 5.31. The molecule has 1 fully saturated rings. The molecule has 2 aromatic rings. The third-order valence-corrected chi connectivity index (χ3v) is 3.80. The maximum atomic E-state index is 5.91. The van der Waals surface area contributed by atoms with Crippen LogP contribution in [0.15, 0.2) is 24.3 Å². The van der Waals surface area contributed by atoms with Crippen molar-refractivity contribution in [1.29, 1.82) is 0 Å². The first-order chi connectivity index (χ1) is 9.70. The Hall–Kier alpha value is -1.88. The smallest absolute Gasteiger partial charge is 0.244 e. The summed E-state index contributed by atoms with van der Waals surface area (Å²) in [5.74, 6) is 1.73. The predicted molar refractivity (Wildman–Crippen MR) is 79.8 cm³/mol. The van der Waals surface area contributed by atoms with Crippen molar-refractivity contribution >= 4 is 5.95 Å². The van der Waals surface area contributed by atoms with Gasteiger partial charge in [-0.2, -0.15) is 4.98 Å². The van der Waals surface area contributed by atoms with Gasteiger partial charge in [-0.1, -0.05) is 29.8 Å². The summed E-state index contributed by atoms with van der Waals surface area (Å²) in [6.07, 6.45) is 2.89. The average Bonchev–Trinajstić information content (AvgIpc) is 3.07. The summed E-state index contributed by atoms with van der Waals surface area (Å²) in [6, 6.07) is 8.89. The van der Waals surface area contributed by atoms with E-state index in [1.54, 1.807) is 0 Å². The lowest BCUT2D eigenvalue weighted by molar-refractivity contribution is 0.750. The number of aromatic nitrogens is 3. The maximum absolute atomic E-state index is 5.91. The molecule has 2 heterocycles. The quantitative estimate of drug-likeness (QED) is 0.882. The van der Waals surface area contributed by atoms with E-state index in [1.165, 1.54) is 11.1 Å². The molecular formula is C15H21N5. The molecule has 0 radical (unpaired) electrons. The molecule has 1 aliphatic rings. The van der Waals surface area contributed by atoms with E-state index < -0.39 is 0 Å². The lowest BCUT2D eigenvalue weighted by Crippen LogP contribution is -2.27. The van der Waals surface area contributed by atoms with E-state index in [2.05, 4.69) is 51.3 Å². The van der Waals surface area contributed by atoms with Crippen LogP contribution in [-0.4, -0.2) is 34.3 Å². The van der Waals surface area contributed by atoms with E-state index >= 15 is 0 Å². The van der Waals surface area contributed by atoms with Crippen LogP contribution in [0.2, 0.25) is 0 Å². The zero-order valence-electron chi connectivity index (χ0n) is 11.8. The molecule has 5 heteroatoms. The van der Waals surface area contributed by atoms with Crippen LogP contribution in [0.4, 0.5) is 5.95 Å². The third-order valence-electron chi connectivity index (χ3n) is 3.80. The van der Waals surface area contributed by atoms with Gasteiger partial charge in [-0.05, 0) is 25.3 Å². The van der Waals surface area contributed by atoms with Crippen molar-refractivity contribution in [2.24, 2.45) is 5.73 Å². The van der Waals surface area contributed by atoms with Crippen molar-refractivity contribution in [3.8, 4) is 0 Å². The van der Waals surface area contributed by atoms with Crippen LogP contribution >= 0.6 is 0 Å². The minimum Gasteiger partial charge on any atom is -0.338 e. The first kappa shape index (κ1) is 13.1. The van der Waals surface area contributed by atoms with Crippen LogP contribution in [0.3, 0.4) is 0 Å². The summed E-state index contributed by atoms with van der Waals surface area (Å²) in [4.78, 5) is 6.71. The van der Waals surface area contributed by atoms with E-state index in [0.717, 1.165) is 44.1 Å². The molecule has 5 nitrogen and oxygen atoms in total. The van der Waals surface area contributed by atoms with Crippen molar-refractivity contribution in [2.45, 2.75) is 32.2 Å². The maximum Gasteiger partial charge on any atom is 0.244 e. The van der Waals surface area contributed by atoms with Crippen LogP contribution in [0.1, 0.15) is 23.4 Å². The molecule has 3 rings (SSSR count). The first-order valence-electron chi connectivity index (χ1n) is 7.18. The number of rotatable bonds is 4. The Kier molecular flexibility index (Phi) is 3.69. The summed E-state index contributed by atoms with van der Waals surface area (Å²) in [7, 11) is 0. The highest BCUT2D eigenvalue weighted by atomic mass is 15.4. The minimum atomic E-state index is 0.254. The van der Waals surface area contributed by atoms with E-state index in [9.17, 15) is 0 Å². The lowest BCUT2D eigenvalue weighted by atomic mass is 10.1. The van der Waals surface area contributed by atoms with Gasteiger partial charge in [0.1, 0.15) is 5.82 Å². The minimum absolute atomic E-state index is 0.254. The normalized spacial score (nSPS) is 18.7. The number of aromatic amines is 1. The van der Waals surface area contributed by atoms with E-state index in [0.29, 0.717) is 0 Å². The van der Waals surface area contributed by atoms with Crippen LogP contribution in [0.25, 0.3) is 0 Å². The van der Waals surface area contributed by atoms with Crippen LogP contribution in [0.5, 0.6) is 0 Å². The van der Waals surface area contributed by atoms with Gasteiger partial charge < -0.3 is 10.6 Å². The number of anilines is 1. The molecule has 0 spiro atoms. The Morgan fingerprint density at radius 1 is 1.30 bits per heavy atom. The van der Waals surface area contributed by atoms with Crippen LogP contribution in [-0.2, 0) is 12.8 Å². The van der Waals surface area contributed by atoms with E-state index in [1.807, 2.05) is 0 Å². The van der Waals surface area contributed by atoms with Crippen molar-refractivity contribution in [1.82, 2.24) is 15.2 Å². The Balaban J connectivity index is 1.58. The molecule has 1 aliphatic heterocycles. The Morgan fingerprint density at radius 2 is 2.10 bits per heavy atom. The number of H-pyrrole nitrogens is 1. The van der Waals surface area contributed by atoms with Crippen molar-refractivity contribution in [2.75, 3.05) is 18.0 Å². The standard InChI is InChI=1S/C15H21N5/c1-11-2-4-12(5-3-11)6-7-14-17-15(19-18-14)20-9-8-13(16)10-20/h2-5,13H,6-10,16H2,1H3,(H,17,18,19). The zero-order chi connectivity index (χ0) is 13.9. The fourth-order valence-corrected chi connectivity index (χ4v) is 2.52. The molecule has 3 N–H and O–H groups in total. The first-order valence-corrected chi connectivity index (χ1v) is 7.18. The number of aryl methyl sites for hydroxylation is 3. The van der Waals surface area contributed by atoms with Gasteiger partial charge >= 0.3 is 0 Å². The zero-order valence-corrected chi connectivity index (χ0v) is 11.8. The second kappa shape index (κ2) is 5.63. The molecular weight excluding hydrogens is 250 g/mol. The van der Waals surface area contributed by atoms with E-state index in [4.69, 9.17) is 5.73 Å². The molecule has 106 valence electrons. The molecule has 0 bridgehead atoms. The molecule has 1 atom stereocenters. The SMILES string of the molecule is Cc1ccc(CCc2nc(N3CCC(N)C3)n[nH]2)cc1. The van der Waals surface area contributed by atoms with Gasteiger partial charge in [0.2, 0.25) is 5.95 Å². The van der Waals surface area contributed by atoms with Crippen molar-refractivity contribution in [3.05, 3.63) is 41.2 Å². The largest absolute Gasteiger partial charge is 0.338 e. The molecule has 1 unspecified atom stereocenters. The lowest BCUT2D eigenvalue weighted by Gasteiger charge is -2.11. The molecule has 1 saturated heterocycles. The molecule has 20 heavy (non-hydrogen) atoms. The molecule has 0 saturated carbocycles. The Morgan fingerprint density at radius 3 is 2.80 bits per heavy atom. The number of hydrogen-bond acceptors (Lipinski definition) is 4. The third kappa shape index (κ3) is 2.99. The Bertz CT molecular complexity index is 560. The fraction of sp³-hybridized carbons (Fsp3) is 0.467. The van der Waals surface area contributed by atoms with Gasteiger partial charge in [-0.3, -0.25) is 5.10 Å². The number of nitrogens with two attached hydrogens (primary N) is 1. The summed E-state index contributed by atoms with van der Waals surface area (Å²) in [5.41, 5.74) is 8.53. The second-order valence-electron chi connectivity index (χ2n) is 5.56. The summed E-state index contributed by atoms with van der Waals surface area (Å²) in [6.45, 7) is 3.92. The second-order valence-corrected chi connectivity index (χ2v) is 5.56. The highest BCUT2D eigenvalue weighted by Crippen LogP contribution is 2.15. The van der Waals surface area contributed by atoms with Crippen molar-refractivity contribution < 1.29 is 0 Å². The van der Waals surface area contributed by atoms with Crippen LogP contribution < -0.4 is 10.6 Å². The molecule has 1 aromatic carbocycles. The number of hydrogen-bond donors (Lipinski definition) is 2. The highest BCUT2D eigenvalue weighted by Gasteiger charge is 2.22. The summed E-state index contributed by atoms with van der Waals surface area (Å²) in [5, 5.41) is 7.33. The van der Waals surface area contributed by atoms with Crippen molar-refractivity contribution in [3.63, 3.8) is 0 Å². The summed E-state index contributed by atoms with van der Waals surface area (Å²) >= 11 is 0. The van der Waals surface area contributed by atoms with Gasteiger partial charge in [-0.15, -0.1) is 5.10 Å². The average molecular weight is 271 g/mol. The fourth-order valence-electron chi connectivity index (χ4n) is 2.52. The van der Waals surface area contributed by atoms with E-state index in [-0.39, 0.29) is 6.04 Å².